The Hall–Kier alpha value is -1.65. The van der Waals surface area contributed by atoms with Crippen LogP contribution in [-0.4, -0.2) is 30.4 Å². The van der Waals surface area contributed by atoms with Crippen LogP contribution in [-0.2, 0) is 6.54 Å². The molecule has 1 aromatic carbocycles. The van der Waals surface area contributed by atoms with E-state index < -0.39 is 0 Å². The Morgan fingerprint density at radius 2 is 2.14 bits per heavy atom. The molecule has 0 atom stereocenters. The predicted octanol–water partition coefficient (Wildman–Crippen LogP) is 3.61. The lowest BCUT2D eigenvalue weighted by molar-refractivity contribution is 0.0977. The highest BCUT2D eigenvalue weighted by Crippen LogP contribution is 2.22. The van der Waals surface area contributed by atoms with Crippen LogP contribution < -0.4 is 4.74 Å². The molecular weight excluding hydrogens is 282 g/mol. The molecule has 0 aliphatic carbocycles. The van der Waals surface area contributed by atoms with E-state index in [9.17, 15) is 4.79 Å². The molecule has 0 saturated heterocycles. The summed E-state index contributed by atoms with van der Waals surface area (Å²) in [5.41, 5.74) is 1.24. The van der Waals surface area contributed by atoms with E-state index in [2.05, 4.69) is 11.0 Å². The van der Waals surface area contributed by atoms with E-state index in [0.717, 1.165) is 43.3 Å². The fraction of sp³-hybridized carbons (Fsp3) is 0.353. The Kier molecular flexibility index (Phi) is 4.68. The molecule has 2 heterocycles. The van der Waals surface area contributed by atoms with E-state index in [1.165, 1.54) is 16.9 Å². The van der Waals surface area contributed by atoms with Crippen LogP contribution in [0.5, 0.6) is 5.75 Å². The zero-order valence-electron chi connectivity index (χ0n) is 12.0. The molecule has 4 heteroatoms. The minimum absolute atomic E-state index is 0.261. The first kappa shape index (κ1) is 14.3. The van der Waals surface area contributed by atoms with Crippen molar-refractivity contribution in [2.45, 2.75) is 19.4 Å². The summed E-state index contributed by atoms with van der Waals surface area (Å²) in [6.45, 7) is 3.48. The van der Waals surface area contributed by atoms with Crippen LogP contribution in [0.3, 0.4) is 0 Å². The molecule has 0 amide bonds. The van der Waals surface area contributed by atoms with Gasteiger partial charge in [0.15, 0.2) is 5.78 Å². The minimum Gasteiger partial charge on any atom is -0.492 e. The van der Waals surface area contributed by atoms with Crippen molar-refractivity contribution in [3.8, 4) is 5.75 Å². The van der Waals surface area contributed by atoms with Crippen LogP contribution in [0.4, 0.5) is 0 Å². The van der Waals surface area contributed by atoms with Gasteiger partial charge >= 0.3 is 0 Å². The molecule has 2 aromatic rings. The summed E-state index contributed by atoms with van der Waals surface area (Å²) < 4.78 is 5.76. The summed E-state index contributed by atoms with van der Waals surface area (Å²) in [4.78, 5) is 15.2. The molecule has 21 heavy (non-hydrogen) atoms. The number of carbonyl (C=O) groups is 1. The second kappa shape index (κ2) is 6.87. The van der Waals surface area contributed by atoms with E-state index >= 15 is 0 Å². The van der Waals surface area contributed by atoms with Gasteiger partial charge in [-0.3, -0.25) is 9.69 Å². The average Bonchev–Trinajstić information content (AvgIpc) is 2.95. The molecule has 0 spiro atoms. The quantitative estimate of drug-likeness (QED) is 0.790. The highest BCUT2D eigenvalue weighted by molar-refractivity contribution is 7.12. The number of thiophene rings is 1. The molecule has 0 unspecified atom stereocenters. The Morgan fingerprint density at radius 3 is 3.00 bits per heavy atom. The van der Waals surface area contributed by atoms with E-state index in [4.69, 9.17) is 4.74 Å². The Bertz CT molecular complexity index is 595. The highest BCUT2D eigenvalue weighted by Gasteiger charge is 2.15. The molecule has 0 bridgehead atoms. The number of carbonyl (C=O) groups excluding carboxylic acids is 1. The lowest BCUT2D eigenvalue weighted by atomic mass is 10.1. The van der Waals surface area contributed by atoms with Gasteiger partial charge in [-0.05, 0) is 30.5 Å². The maximum absolute atomic E-state index is 12.0. The van der Waals surface area contributed by atoms with Gasteiger partial charge in [0, 0.05) is 25.1 Å². The van der Waals surface area contributed by atoms with Crippen molar-refractivity contribution >= 4 is 17.1 Å². The molecule has 1 aromatic heterocycles. The van der Waals surface area contributed by atoms with Crippen molar-refractivity contribution in [2.75, 3.05) is 19.7 Å². The second-order valence-corrected chi connectivity index (χ2v) is 6.18. The molecule has 1 aliphatic rings. The van der Waals surface area contributed by atoms with Gasteiger partial charge < -0.3 is 4.74 Å². The zero-order valence-corrected chi connectivity index (χ0v) is 12.8. The summed E-state index contributed by atoms with van der Waals surface area (Å²) in [5, 5.41) is 1.95. The molecule has 0 N–H and O–H groups in total. The van der Waals surface area contributed by atoms with Gasteiger partial charge in [-0.15, -0.1) is 11.3 Å². The summed E-state index contributed by atoms with van der Waals surface area (Å²) in [7, 11) is 0. The van der Waals surface area contributed by atoms with E-state index in [0.29, 0.717) is 6.42 Å². The fourth-order valence-corrected chi connectivity index (χ4v) is 3.29. The summed E-state index contributed by atoms with van der Waals surface area (Å²) in [6, 6.07) is 12.0. The zero-order chi connectivity index (χ0) is 14.5. The third-order valence-corrected chi connectivity index (χ3v) is 4.62. The SMILES string of the molecule is O=C(CCCN1CCOc2ccccc2C1)c1cccs1. The van der Waals surface area contributed by atoms with Crippen molar-refractivity contribution < 1.29 is 9.53 Å². The Morgan fingerprint density at radius 1 is 1.24 bits per heavy atom. The van der Waals surface area contributed by atoms with Crippen LogP contribution in [0.2, 0.25) is 0 Å². The number of nitrogens with zero attached hydrogens (tertiary/aromatic N) is 1. The van der Waals surface area contributed by atoms with Crippen molar-refractivity contribution in [1.82, 2.24) is 4.90 Å². The Labute approximate surface area is 129 Å². The molecule has 3 rings (SSSR count). The van der Waals surface area contributed by atoms with E-state index in [-0.39, 0.29) is 5.78 Å². The first-order valence-corrected chi connectivity index (χ1v) is 8.20. The largest absolute Gasteiger partial charge is 0.492 e. The number of ketones is 1. The third-order valence-electron chi connectivity index (χ3n) is 3.71. The average molecular weight is 301 g/mol. The molecule has 0 fully saturated rings. The van der Waals surface area contributed by atoms with Crippen LogP contribution in [0.15, 0.2) is 41.8 Å². The lowest BCUT2D eigenvalue weighted by Gasteiger charge is -2.18. The fourth-order valence-electron chi connectivity index (χ4n) is 2.59. The van der Waals surface area contributed by atoms with E-state index in [1.807, 2.05) is 35.7 Å². The normalized spacial score (nSPS) is 15.0. The number of benzene rings is 1. The minimum atomic E-state index is 0.261. The van der Waals surface area contributed by atoms with Gasteiger partial charge in [0.1, 0.15) is 12.4 Å². The maximum atomic E-state index is 12.0. The molecular formula is C17H19NO2S. The van der Waals surface area contributed by atoms with Crippen LogP contribution in [0, 0.1) is 0 Å². The smallest absolute Gasteiger partial charge is 0.172 e. The summed E-state index contributed by atoms with van der Waals surface area (Å²) >= 11 is 1.53. The monoisotopic (exact) mass is 301 g/mol. The number of fused-ring (bicyclic) bond motifs is 1. The number of para-hydroxylation sites is 1. The number of hydrogen-bond donors (Lipinski definition) is 0. The van der Waals surface area contributed by atoms with Crippen molar-refractivity contribution in [1.29, 1.82) is 0 Å². The van der Waals surface area contributed by atoms with Gasteiger partial charge in [0.25, 0.3) is 0 Å². The first-order chi connectivity index (χ1) is 10.3. The molecule has 0 saturated carbocycles. The number of rotatable bonds is 5. The molecule has 1 aliphatic heterocycles. The molecule has 110 valence electrons. The summed E-state index contributed by atoms with van der Waals surface area (Å²) in [6.07, 6.45) is 1.53. The topological polar surface area (TPSA) is 29.5 Å². The van der Waals surface area contributed by atoms with Gasteiger partial charge in [0.2, 0.25) is 0 Å². The highest BCUT2D eigenvalue weighted by atomic mass is 32.1. The number of ether oxygens (including phenoxy) is 1. The first-order valence-electron chi connectivity index (χ1n) is 7.33. The lowest BCUT2D eigenvalue weighted by Crippen LogP contribution is -2.27. The van der Waals surface area contributed by atoms with Crippen LogP contribution in [0.1, 0.15) is 28.1 Å². The van der Waals surface area contributed by atoms with Crippen molar-refractivity contribution in [2.24, 2.45) is 0 Å². The van der Waals surface area contributed by atoms with Crippen molar-refractivity contribution in [3.05, 3.63) is 52.2 Å². The van der Waals surface area contributed by atoms with Gasteiger partial charge in [0.05, 0.1) is 4.88 Å². The summed E-state index contributed by atoms with van der Waals surface area (Å²) in [5.74, 6) is 1.26. The van der Waals surface area contributed by atoms with Gasteiger partial charge in [-0.25, -0.2) is 0 Å². The van der Waals surface area contributed by atoms with Crippen LogP contribution >= 0.6 is 11.3 Å². The standard InChI is InChI=1S/C17H19NO2S/c19-15(17-8-4-12-21-17)6-3-9-18-10-11-20-16-7-2-1-5-14(16)13-18/h1-2,4-5,7-8,12H,3,6,9-11,13H2. The van der Waals surface area contributed by atoms with Gasteiger partial charge in [-0.2, -0.15) is 0 Å². The molecule has 3 nitrogen and oxygen atoms in total. The van der Waals surface area contributed by atoms with Crippen molar-refractivity contribution in [3.63, 3.8) is 0 Å². The van der Waals surface area contributed by atoms with Crippen LogP contribution in [0.25, 0.3) is 0 Å². The number of Topliss-reactive ketones (excluding diaryl/α,β-unsaturated/α-hetero) is 1. The third kappa shape index (κ3) is 3.71. The van der Waals surface area contributed by atoms with Gasteiger partial charge in [-0.1, -0.05) is 24.3 Å². The molecule has 0 radical (unpaired) electrons. The Balaban J connectivity index is 1.51. The second-order valence-electron chi connectivity index (χ2n) is 5.24. The maximum Gasteiger partial charge on any atom is 0.172 e. The number of hydrogen-bond acceptors (Lipinski definition) is 4. The predicted molar refractivity (Wildman–Crippen MR) is 85.1 cm³/mol. The van der Waals surface area contributed by atoms with E-state index in [1.54, 1.807) is 0 Å².